The van der Waals surface area contributed by atoms with Crippen LogP contribution >= 0.6 is 23.2 Å². The van der Waals surface area contributed by atoms with Crippen molar-refractivity contribution in [2.45, 2.75) is 0 Å². The highest BCUT2D eigenvalue weighted by Crippen LogP contribution is 2.19. The molecule has 0 radical (unpaired) electrons. The van der Waals surface area contributed by atoms with Crippen LogP contribution in [0.3, 0.4) is 0 Å². The smallest absolute Gasteiger partial charge is 0.211 e. The summed E-state index contributed by atoms with van der Waals surface area (Å²) in [6, 6.07) is 1.41. The van der Waals surface area contributed by atoms with Gasteiger partial charge in [-0.2, -0.15) is 0 Å². The van der Waals surface area contributed by atoms with Gasteiger partial charge in [0.2, 0.25) is 6.41 Å². The molecule has 1 rings (SSSR count). The summed E-state index contributed by atoms with van der Waals surface area (Å²) >= 11 is 11.0. The first-order valence-electron chi connectivity index (χ1n) is 2.63. The molecular weight excluding hydrogens is 189 g/mol. The van der Waals surface area contributed by atoms with Crippen LogP contribution in [0, 0.1) is 0 Å². The highest BCUT2D eigenvalue weighted by atomic mass is 35.5. The van der Waals surface area contributed by atoms with Crippen molar-refractivity contribution in [2.24, 2.45) is 0 Å². The van der Waals surface area contributed by atoms with Crippen molar-refractivity contribution in [1.82, 2.24) is 10.2 Å². The predicted molar refractivity (Wildman–Crippen MR) is 41.7 cm³/mol. The second-order valence-corrected chi connectivity index (χ2v) is 2.38. The van der Waals surface area contributed by atoms with Gasteiger partial charge in [0.15, 0.2) is 10.3 Å². The summed E-state index contributed by atoms with van der Waals surface area (Å²) in [6.45, 7) is 0. The third-order valence-corrected chi connectivity index (χ3v) is 1.40. The highest BCUT2D eigenvalue weighted by Gasteiger charge is 2.01. The van der Waals surface area contributed by atoms with Gasteiger partial charge >= 0.3 is 0 Å². The van der Waals surface area contributed by atoms with E-state index in [1.807, 2.05) is 0 Å². The van der Waals surface area contributed by atoms with E-state index in [9.17, 15) is 4.79 Å². The van der Waals surface area contributed by atoms with Crippen molar-refractivity contribution in [1.29, 1.82) is 0 Å². The Kier molecular flexibility index (Phi) is 2.62. The van der Waals surface area contributed by atoms with Gasteiger partial charge in [-0.25, -0.2) is 0 Å². The first kappa shape index (κ1) is 8.23. The molecule has 11 heavy (non-hydrogen) atoms. The Hall–Kier alpha value is -0.870. The van der Waals surface area contributed by atoms with Gasteiger partial charge in [-0.05, 0) is 0 Å². The molecule has 1 heterocycles. The third-order valence-electron chi connectivity index (χ3n) is 0.933. The molecule has 0 fully saturated rings. The Morgan fingerprint density at radius 1 is 1.45 bits per heavy atom. The summed E-state index contributed by atoms with van der Waals surface area (Å²) in [5, 5.41) is 9.52. The molecule has 0 spiro atoms. The molecule has 1 aromatic rings. The van der Waals surface area contributed by atoms with Gasteiger partial charge in [-0.1, -0.05) is 23.2 Å². The number of hydrogen-bond donors (Lipinski definition) is 1. The lowest BCUT2D eigenvalue weighted by atomic mass is 10.5. The lowest BCUT2D eigenvalue weighted by Gasteiger charge is -1.98. The molecule has 0 saturated carbocycles. The van der Waals surface area contributed by atoms with Gasteiger partial charge in [0, 0.05) is 6.07 Å². The Bertz CT molecular complexity index is 278. The molecule has 0 bridgehead atoms. The van der Waals surface area contributed by atoms with E-state index >= 15 is 0 Å². The number of aromatic nitrogens is 2. The van der Waals surface area contributed by atoms with E-state index < -0.39 is 0 Å². The summed E-state index contributed by atoms with van der Waals surface area (Å²) in [5.41, 5.74) is 0.349. The SMILES string of the molecule is O=CNc1cc(Cl)nnc1Cl. The van der Waals surface area contributed by atoms with E-state index in [2.05, 4.69) is 15.5 Å². The first-order valence-corrected chi connectivity index (χ1v) is 3.38. The van der Waals surface area contributed by atoms with Crippen LogP contribution < -0.4 is 5.32 Å². The molecule has 0 saturated heterocycles. The van der Waals surface area contributed by atoms with Gasteiger partial charge in [0.05, 0.1) is 5.69 Å². The van der Waals surface area contributed by atoms with Crippen LogP contribution in [-0.2, 0) is 4.79 Å². The first-order chi connectivity index (χ1) is 5.24. The molecule has 58 valence electrons. The van der Waals surface area contributed by atoms with E-state index in [4.69, 9.17) is 23.2 Å². The Balaban J connectivity index is 3.01. The fourth-order valence-corrected chi connectivity index (χ4v) is 0.812. The summed E-state index contributed by atoms with van der Waals surface area (Å²) < 4.78 is 0. The average Bonchev–Trinajstić information content (AvgIpc) is 1.98. The molecule has 0 aliphatic heterocycles. The van der Waals surface area contributed by atoms with Gasteiger partial charge in [0.1, 0.15) is 0 Å². The maximum Gasteiger partial charge on any atom is 0.211 e. The van der Waals surface area contributed by atoms with Crippen molar-refractivity contribution < 1.29 is 4.79 Å². The third kappa shape index (κ3) is 2.03. The molecule has 4 nitrogen and oxygen atoms in total. The van der Waals surface area contributed by atoms with Gasteiger partial charge < -0.3 is 5.32 Å². The summed E-state index contributed by atoms with van der Waals surface area (Å²) in [7, 11) is 0. The number of halogens is 2. The second-order valence-electron chi connectivity index (χ2n) is 1.63. The number of amides is 1. The highest BCUT2D eigenvalue weighted by molar-refractivity contribution is 6.33. The molecule has 1 N–H and O–H groups in total. The van der Waals surface area contributed by atoms with E-state index in [1.54, 1.807) is 0 Å². The number of hydrogen-bond acceptors (Lipinski definition) is 3. The van der Waals surface area contributed by atoms with Crippen LogP contribution in [0.1, 0.15) is 0 Å². The molecule has 1 aromatic heterocycles. The minimum absolute atomic E-state index is 0.113. The fourth-order valence-electron chi connectivity index (χ4n) is 0.518. The van der Waals surface area contributed by atoms with Crippen LogP contribution in [0.15, 0.2) is 6.07 Å². The van der Waals surface area contributed by atoms with Crippen molar-refractivity contribution in [3.63, 3.8) is 0 Å². The zero-order valence-corrected chi connectivity index (χ0v) is 6.73. The van der Waals surface area contributed by atoms with Gasteiger partial charge in [-0.15, -0.1) is 10.2 Å². The van der Waals surface area contributed by atoms with Gasteiger partial charge in [0.25, 0.3) is 0 Å². The lowest BCUT2D eigenvalue weighted by molar-refractivity contribution is -0.105. The van der Waals surface area contributed by atoms with E-state index in [0.29, 0.717) is 12.1 Å². The maximum absolute atomic E-state index is 9.98. The Labute approximate surface area is 72.5 Å². The van der Waals surface area contributed by atoms with E-state index in [-0.39, 0.29) is 10.3 Å². The summed E-state index contributed by atoms with van der Waals surface area (Å²) in [6.07, 6.45) is 0.485. The normalized spacial score (nSPS) is 9.27. The quantitative estimate of drug-likeness (QED) is 0.719. The Morgan fingerprint density at radius 3 is 2.82 bits per heavy atom. The predicted octanol–water partition coefficient (Wildman–Crippen LogP) is 1.35. The second kappa shape index (κ2) is 3.50. The number of anilines is 1. The van der Waals surface area contributed by atoms with Crippen LogP contribution in [-0.4, -0.2) is 16.6 Å². The summed E-state index contributed by atoms with van der Waals surface area (Å²) in [5.74, 6) is 0. The van der Waals surface area contributed by atoms with Crippen molar-refractivity contribution in [3.05, 3.63) is 16.4 Å². The van der Waals surface area contributed by atoms with Crippen LogP contribution in [0.4, 0.5) is 5.69 Å². The van der Waals surface area contributed by atoms with E-state index in [1.165, 1.54) is 6.07 Å². The zero-order valence-electron chi connectivity index (χ0n) is 5.21. The van der Waals surface area contributed by atoms with Crippen LogP contribution in [0.25, 0.3) is 0 Å². The van der Waals surface area contributed by atoms with Crippen LogP contribution in [0.5, 0.6) is 0 Å². The molecular formula is C5H3Cl2N3O. The maximum atomic E-state index is 9.98. The van der Waals surface area contributed by atoms with Crippen molar-refractivity contribution in [2.75, 3.05) is 5.32 Å². The summed E-state index contributed by atoms with van der Waals surface area (Å²) in [4.78, 5) is 9.98. The Morgan fingerprint density at radius 2 is 2.18 bits per heavy atom. The number of nitrogens with zero attached hydrogens (tertiary/aromatic N) is 2. The van der Waals surface area contributed by atoms with Crippen molar-refractivity contribution >= 4 is 35.3 Å². The topological polar surface area (TPSA) is 54.9 Å². The molecule has 0 unspecified atom stereocenters. The zero-order chi connectivity index (χ0) is 8.27. The van der Waals surface area contributed by atoms with Crippen molar-refractivity contribution in [3.8, 4) is 0 Å². The minimum Gasteiger partial charge on any atom is -0.326 e. The molecule has 6 heteroatoms. The number of carbonyl (C=O) groups is 1. The van der Waals surface area contributed by atoms with Gasteiger partial charge in [-0.3, -0.25) is 4.79 Å². The molecule has 0 aliphatic carbocycles. The minimum atomic E-state index is 0.113. The number of nitrogens with one attached hydrogen (secondary N) is 1. The lowest BCUT2D eigenvalue weighted by Crippen LogP contribution is -1.97. The molecule has 0 aromatic carbocycles. The monoisotopic (exact) mass is 191 g/mol. The van der Waals surface area contributed by atoms with Crippen LogP contribution in [0.2, 0.25) is 10.3 Å². The molecule has 0 aliphatic rings. The molecule has 1 amide bonds. The standard InChI is InChI=1S/C5H3Cl2N3O/c6-4-1-3(8-2-11)5(7)10-9-4/h1-2H,(H,8,9,11). The average molecular weight is 192 g/mol. The van der Waals surface area contributed by atoms with E-state index in [0.717, 1.165) is 0 Å². The molecule has 0 atom stereocenters. The largest absolute Gasteiger partial charge is 0.326 e. The number of carbonyl (C=O) groups excluding carboxylic acids is 1. The fraction of sp³-hybridized carbons (Fsp3) is 0. The number of rotatable bonds is 2.